The fourth-order valence-corrected chi connectivity index (χ4v) is 18.8. The maximum atomic E-state index is 16.6. The summed E-state index contributed by atoms with van der Waals surface area (Å²) in [5, 5.41) is 17.5. The molecule has 7 rings (SSSR count). The van der Waals surface area contributed by atoms with Gasteiger partial charge in [-0.15, -0.1) is 0 Å². The van der Waals surface area contributed by atoms with Crippen LogP contribution in [0.1, 0.15) is 128 Å². The summed E-state index contributed by atoms with van der Waals surface area (Å²) in [6.07, 6.45) is -9.51. The molecule has 424 valence electrons. The Balaban J connectivity index is 1.51. The fourth-order valence-electron chi connectivity index (χ4n) is 13.1. The van der Waals surface area contributed by atoms with E-state index in [1.807, 2.05) is 41.5 Å². The Hall–Kier alpha value is -5.45. The van der Waals surface area contributed by atoms with Crippen molar-refractivity contribution in [1.82, 2.24) is 5.32 Å². The number of rotatable bonds is 20. The average Bonchev–Trinajstić information content (AvgIpc) is 3.02. The van der Waals surface area contributed by atoms with Crippen LogP contribution in [0.4, 0.5) is 8.78 Å². The molecule has 1 aliphatic heterocycles. The van der Waals surface area contributed by atoms with E-state index in [1.165, 1.54) is 6.92 Å². The Kier molecular flexibility index (Phi) is 18.0. The lowest BCUT2D eigenvalue weighted by Crippen LogP contribution is -2.82. The summed E-state index contributed by atoms with van der Waals surface area (Å²) in [4.78, 5) is 88.6. The number of ether oxygens (including phenoxy) is 5. The van der Waals surface area contributed by atoms with Crippen LogP contribution in [0.25, 0.3) is 0 Å². The minimum absolute atomic E-state index is 0.00765. The normalized spacial score (nSPS) is 28.3. The van der Waals surface area contributed by atoms with Gasteiger partial charge in [0.15, 0.2) is 40.2 Å². The van der Waals surface area contributed by atoms with Crippen molar-refractivity contribution in [1.29, 1.82) is 0 Å². The molecule has 3 aliphatic carbocycles. The van der Waals surface area contributed by atoms with Crippen LogP contribution in [0, 0.1) is 28.4 Å². The number of benzene rings is 3. The van der Waals surface area contributed by atoms with Crippen LogP contribution >= 0.6 is 0 Å². The van der Waals surface area contributed by atoms with Gasteiger partial charge in [0.2, 0.25) is 0 Å². The molecule has 19 heteroatoms. The van der Waals surface area contributed by atoms with E-state index < -0.39 is 146 Å². The number of Topliss-reactive ketones (excluding diaryl/α,β-unsaturated/α-hetero) is 1. The van der Waals surface area contributed by atoms with Crippen LogP contribution in [-0.2, 0) is 51.7 Å². The van der Waals surface area contributed by atoms with Gasteiger partial charge < -0.3 is 43.0 Å². The number of carbonyl (C=O) groups is 6. The monoisotopic (exact) mass is 1120 g/mol. The number of fused-ring (bicyclic) bond motifs is 5. The van der Waals surface area contributed by atoms with Gasteiger partial charge in [-0.3, -0.25) is 19.2 Å². The summed E-state index contributed by atoms with van der Waals surface area (Å²) >= 11 is 0. The molecule has 2 bridgehead atoms. The second-order valence-electron chi connectivity index (χ2n) is 22.3. The number of esters is 4. The van der Waals surface area contributed by atoms with Crippen LogP contribution in [0.2, 0.25) is 36.3 Å². The molecule has 0 unspecified atom stereocenters. The Bertz CT molecular complexity index is 2740. The lowest BCUT2D eigenvalue weighted by molar-refractivity contribution is -0.344. The van der Waals surface area contributed by atoms with Crippen LogP contribution in [0.3, 0.4) is 0 Å². The van der Waals surface area contributed by atoms with Gasteiger partial charge in [-0.05, 0) is 91.1 Å². The lowest BCUT2D eigenvalue weighted by atomic mass is 9.44. The quantitative estimate of drug-likeness (QED) is 0.0469. The van der Waals surface area contributed by atoms with Gasteiger partial charge in [-0.25, -0.2) is 18.4 Å². The van der Waals surface area contributed by atoms with Crippen LogP contribution in [0.5, 0.6) is 0 Å². The molecule has 3 fully saturated rings. The smallest absolute Gasteiger partial charge is 0.338 e. The molecule has 0 radical (unpaired) electrons. The van der Waals surface area contributed by atoms with E-state index in [0.29, 0.717) is 53.5 Å². The van der Waals surface area contributed by atoms with Crippen molar-refractivity contribution < 1.29 is 75.2 Å². The molecule has 0 spiro atoms. The van der Waals surface area contributed by atoms with E-state index in [1.54, 1.807) is 88.4 Å². The van der Waals surface area contributed by atoms with Crippen molar-refractivity contribution in [2.75, 3.05) is 6.61 Å². The van der Waals surface area contributed by atoms with Crippen molar-refractivity contribution >= 4 is 52.2 Å². The SMILES string of the molecule is CC[Si](CC)(CC)O[C@H]1C[C@H]2OC[C@@]2(OC(C)=O)[C@H]2[C@H](OC(=O)c3cc(F)cc(F)c3)[C@]3(O)C[C@H](OC(=O)[C@H](O[Si](CC)(CC)CC)[C@@H](NC(=O)c4ccccc4)c4ccccc4)C(C)=C([C@@H](OC(C)=O)C(=O)[C@]12C)C3(C)C. The summed E-state index contributed by atoms with van der Waals surface area (Å²) < 4.78 is 76.7. The largest absolute Gasteiger partial charge is 0.456 e. The first-order valence-corrected chi connectivity index (χ1v) is 32.5. The molecule has 3 aromatic rings. The highest BCUT2D eigenvalue weighted by molar-refractivity contribution is 6.74. The summed E-state index contributed by atoms with van der Waals surface area (Å²) in [7, 11) is -5.56. The minimum Gasteiger partial charge on any atom is -0.456 e. The molecule has 0 aromatic heterocycles. The van der Waals surface area contributed by atoms with E-state index in [9.17, 15) is 24.3 Å². The maximum Gasteiger partial charge on any atom is 0.338 e. The average molecular weight is 1120 g/mol. The number of amides is 1. The molecular formula is C59H77F2NO14Si2. The maximum absolute atomic E-state index is 16.6. The molecule has 1 amide bonds. The Morgan fingerprint density at radius 2 is 1.33 bits per heavy atom. The van der Waals surface area contributed by atoms with Crippen molar-refractivity contribution in [2.45, 2.75) is 186 Å². The van der Waals surface area contributed by atoms with E-state index in [2.05, 4.69) is 5.32 Å². The number of aliphatic hydroxyl groups is 1. The third-order valence-electron chi connectivity index (χ3n) is 18.1. The predicted octanol–water partition coefficient (Wildman–Crippen LogP) is 10.1. The van der Waals surface area contributed by atoms with Crippen molar-refractivity contribution in [2.24, 2.45) is 16.7 Å². The zero-order chi connectivity index (χ0) is 57.3. The van der Waals surface area contributed by atoms with E-state index >= 15 is 18.4 Å². The third-order valence-corrected chi connectivity index (χ3v) is 27.4. The predicted molar refractivity (Wildman–Crippen MR) is 290 cm³/mol. The number of ketones is 1. The van der Waals surface area contributed by atoms with E-state index in [4.69, 9.17) is 32.5 Å². The second-order valence-corrected chi connectivity index (χ2v) is 31.8. The molecule has 78 heavy (non-hydrogen) atoms. The standard InChI is InChI=1S/C59H77F2NO14Si2/c1-13-77(14-2,15-3)75-44-32-45-58(34-70-45,74-37(9)64)50-52(73-54(67)40-29-41(60)31-42(61)30-40)59(69)33-43(35(7)46(56(59,10)11)48(71-36(8)63)51(65)57(44,50)12)72-55(68)49(76-78(16-4,17-5)18-6)47(38-25-21-19-22-26-38)62-53(66)39-27-23-20-24-28-39/h19-31,43-45,47-50,52,69H,13-18,32-34H2,1-12H3,(H,62,66)/t43-,44-,45+,47-,48+,49+,50-,52-,57+,58-,59+/m0/s1. The number of nitrogens with one attached hydrogen (secondary N) is 1. The van der Waals surface area contributed by atoms with Gasteiger partial charge in [0, 0.05) is 43.7 Å². The lowest BCUT2D eigenvalue weighted by Gasteiger charge is -2.68. The van der Waals surface area contributed by atoms with Crippen molar-refractivity contribution in [3.8, 4) is 0 Å². The molecule has 15 nitrogen and oxygen atoms in total. The second kappa shape index (κ2) is 23.3. The number of hydrogen-bond acceptors (Lipinski definition) is 14. The first-order valence-electron chi connectivity index (χ1n) is 27.4. The molecule has 2 saturated carbocycles. The van der Waals surface area contributed by atoms with Crippen LogP contribution in [-0.4, -0.2) is 112 Å². The highest BCUT2D eigenvalue weighted by atomic mass is 28.4. The summed E-state index contributed by atoms with van der Waals surface area (Å²) in [5.41, 5.74) is -7.62. The van der Waals surface area contributed by atoms with Crippen LogP contribution in [0.15, 0.2) is 90.0 Å². The Labute approximate surface area is 458 Å². The number of halogens is 2. The number of carbonyl (C=O) groups excluding carboxylic acids is 6. The molecule has 2 N–H and O–H groups in total. The molecule has 3 aromatic carbocycles. The summed E-state index contributed by atoms with van der Waals surface area (Å²) in [5.74, 6) is -8.98. The Morgan fingerprint density at radius 3 is 1.85 bits per heavy atom. The van der Waals surface area contributed by atoms with Crippen LogP contribution < -0.4 is 5.32 Å². The van der Waals surface area contributed by atoms with Gasteiger partial charge >= 0.3 is 23.9 Å². The number of hydrogen-bond donors (Lipinski definition) is 2. The zero-order valence-corrected chi connectivity index (χ0v) is 49.0. The minimum atomic E-state index is -2.81. The Morgan fingerprint density at radius 1 is 0.769 bits per heavy atom. The molecule has 4 aliphatic rings. The van der Waals surface area contributed by atoms with E-state index in [-0.39, 0.29) is 24.2 Å². The molecule has 1 heterocycles. The zero-order valence-electron chi connectivity index (χ0n) is 47.0. The van der Waals surface area contributed by atoms with Gasteiger partial charge in [0.25, 0.3) is 5.91 Å². The van der Waals surface area contributed by atoms with Crippen molar-refractivity contribution in [3.05, 3.63) is 118 Å². The van der Waals surface area contributed by atoms with Gasteiger partial charge in [0.1, 0.15) is 35.5 Å². The first-order chi connectivity index (χ1) is 36.8. The molecule has 1 saturated heterocycles. The first kappa shape index (κ1) is 60.2. The van der Waals surface area contributed by atoms with E-state index in [0.717, 1.165) is 19.1 Å². The highest BCUT2D eigenvalue weighted by Crippen LogP contribution is 2.65. The van der Waals surface area contributed by atoms with Gasteiger partial charge in [0.05, 0.1) is 35.6 Å². The van der Waals surface area contributed by atoms with Gasteiger partial charge in [-0.1, -0.05) is 104 Å². The molecule has 11 atom stereocenters. The summed E-state index contributed by atoms with van der Waals surface area (Å²) in [6, 6.07) is 21.9. The van der Waals surface area contributed by atoms with Gasteiger partial charge in [-0.2, -0.15) is 0 Å². The van der Waals surface area contributed by atoms with Crippen molar-refractivity contribution in [3.63, 3.8) is 0 Å². The highest BCUT2D eigenvalue weighted by Gasteiger charge is 2.79. The fraction of sp³-hybridized carbons (Fsp3) is 0.559. The third kappa shape index (κ3) is 10.8. The summed E-state index contributed by atoms with van der Waals surface area (Å²) in [6.45, 7) is 20.3. The topological polar surface area (TPSA) is 199 Å². The molecular weight excluding hydrogens is 1040 g/mol.